The fourth-order valence-corrected chi connectivity index (χ4v) is 3.97. The number of unbranched alkanes of at least 4 members (excludes halogenated alkanes) is 2. The molecule has 2 atom stereocenters. The molecule has 0 amide bonds. The zero-order valence-corrected chi connectivity index (χ0v) is 19.3. The number of nitriles is 1. The van der Waals surface area contributed by atoms with Crippen molar-refractivity contribution in [2.24, 2.45) is 5.92 Å². The molecule has 0 spiro atoms. The molecule has 0 N–H and O–H groups in total. The highest BCUT2D eigenvalue weighted by molar-refractivity contribution is 5.81. The van der Waals surface area contributed by atoms with Gasteiger partial charge in [-0.2, -0.15) is 5.26 Å². The number of rotatable bonds is 10. The quantitative estimate of drug-likeness (QED) is 0.243. The molecule has 4 nitrogen and oxygen atoms in total. The average molecular weight is 426 g/mol. The summed E-state index contributed by atoms with van der Waals surface area (Å²) < 4.78 is 5.83. The van der Waals surface area contributed by atoms with Gasteiger partial charge in [0.05, 0.1) is 24.2 Å². The first-order valence-electron chi connectivity index (χ1n) is 11.4. The van der Waals surface area contributed by atoms with Crippen molar-refractivity contribution < 1.29 is 4.74 Å². The van der Waals surface area contributed by atoms with Gasteiger partial charge in [0.15, 0.2) is 5.82 Å². The third kappa shape index (κ3) is 5.72. The molecule has 0 bridgehead atoms. The molecular formula is C28H31N3O. The van der Waals surface area contributed by atoms with Crippen LogP contribution in [0.2, 0.25) is 0 Å². The lowest BCUT2D eigenvalue weighted by Crippen LogP contribution is -2.25. The predicted molar refractivity (Wildman–Crippen MR) is 129 cm³/mol. The van der Waals surface area contributed by atoms with Crippen LogP contribution in [-0.2, 0) is 4.74 Å². The second kappa shape index (κ2) is 11.4. The van der Waals surface area contributed by atoms with E-state index in [0.717, 1.165) is 48.8 Å². The van der Waals surface area contributed by atoms with Gasteiger partial charge in [-0.15, -0.1) is 6.58 Å². The summed E-state index contributed by atoms with van der Waals surface area (Å²) in [6, 6.07) is 2.32. The summed E-state index contributed by atoms with van der Waals surface area (Å²) >= 11 is 0. The van der Waals surface area contributed by atoms with E-state index in [0.29, 0.717) is 5.82 Å². The fraction of sp³-hybridized carbons (Fsp3) is 0.393. The average Bonchev–Trinajstić information content (AvgIpc) is 2.81. The highest BCUT2D eigenvalue weighted by atomic mass is 16.5. The van der Waals surface area contributed by atoms with E-state index < -0.39 is 0 Å². The lowest BCUT2D eigenvalue weighted by atomic mass is 9.89. The summed E-state index contributed by atoms with van der Waals surface area (Å²) in [5.41, 5.74) is 11.9. The summed E-state index contributed by atoms with van der Waals surface area (Å²) in [6.45, 7) is 9.91. The first-order chi connectivity index (χ1) is 15.6. The normalized spacial score (nSPS) is 19.7. The Morgan fingerprint density at radius 2 is 2.06 bits per heavy atom. The van der Waals surface area contributed by atoms with Crippen molar-refractivity contribution in [1.29, 1.82) is 5.26 Å². The van der Waals surface area contributed by atoms with Gasteiger partial charge in [0.1, 0.15) is 0 Å². The number of allylic oxidation sites excluding steroid dienone is 7. The molecule has 3 rings (SSSR count). The number of hydrogen-bond donors (Lipinski definition) is 0. The fourth-order valence-electron chi connectivity index (χ4n) is 3.97. The lowest BCUT2D eigenvalue weighted by molar-refractivity contribution is 0.0233. The molecule has 0 saturated heterocycles. The van der Waals surface area contributed by atoms with E-state index >= 15 is 0 Å². The minimum absolute atomic E-state index is 0.0598. The molecule has 2 unspecified atom stereocenters. The molecule has 0 aliphatic heterocycles. The minimum atomic E-state index is -0.354. The molecule has 0 saturated carbocycles. The molecule has 1 aromatic rings. The second-order valence-electron chi connectivity index (χ2n) is 8.26. The van der Waals surface area contributed by atoms with Crippen LogP contribution in [0.1, 0.15) is 64.3 Å². The predicted octanol–water partition coefficient (Wildman–Crippen LogP) is 6.52. The number of aromatic nitrogens is 2. The van der Waals surface area contributed by atoms with Gasteiger partial charge in [-0.05, 0) is 63.2 Å². The summed E-state index contributed by atoms with van der Waals surface area (Å²) in [7, 11) is 0. The van der Waals surface area contributed by atoms with Crippen molar-refractivity contribution in [2.45, 2.75) is 65.1 Å². The van der Waals surface area contributed by atoms with Crippen LogP contribution in [-0.4, -0.2) is 22.2 Å². The monoisotopic (exact) mass is 425 g/mol. The SMILES string of the molecule is C=CCCCCC1=C(CC)C(c2cnc(C3=CC(C#N)C(OC(C)C)C=C3)nc2)=C=C=C1. The van der Waals surface area contributed by atoms with Crippen molar-refractivity contribution >= 4 is 11.1 Å². The molecule has 1 aromatic heterocycles. The second-order valence-corrected chi connectivity index (χ2v) is 8.26. The van der Waals surface area contributed by atoms with E-state index in [1.807, 2.05) is 50.5 Å². The molecule has 0 fully saturated rings. The van der Waals surface area contributed by atoms with Gasteiger partial charge in [-0.25, -0.2) is 9.97 Å². The van der Waals surface area contributed by atoms with Gasteiger partial charge < -0.3 is 4.74 Å². The smallest absolute Gasteiger partial charge is 0.158 e. The van der Waals surface area contributed by atoms with Crippen LogP contribution in [0, 0.1) is 17.2 Å². The van der Waals surface area contributed by atoms with Crippen LogP contribution in [0.3, 0.4) is 0 Å². The van der Waals surface area contributed by atoms with Crippen LogP contribution in [0.5, 0.6) is 0 Å². The number of ether oxygens (including phenoxy) is 1. The van der Waals surface area contributed by atoms with Gasteiger partial charge in [0.2, 0.25) is 0 Å². The van der Waals surface area contributed by atoms with E-state index in [1.165, 1.54) is 11.1 Å². The van der Waals surface area contributed by atoms with Gasteiger partial charge in [0, 0.05) is 29.1 Å². The van der Waals surface area contributed by atoms with Gasteiger partial charge in [0.25, 0.3) is 0 Å². The Morgan fingerprint density at radius 3 is 2.72 bits per heavy atom. The number of hydrogen-bond acceptors (Lipinski definition) is 4. The van der Waals surface area contributed by atoms with Crippen molar-refractivity contribution in [3.8, 4) is 6.07 Å². The topological polar surface area (TPSA) is 58.8 Å². The maximum absolute atomic E-state index is 9.55. The van der Waals surface area contributed by atoms with E-state index in [1.54, 1.807) is 0 Å². The summed E-state index contributed by atoms with van der Waals surface area (Å²) in [5.74, 6) is 0.254. The first kappa shape index (κ1) is 23.5. The van der Waals surface area contributed by atoms with Crippen LogP contribution >= 0.6 is 0 Å². The van der Waals surface area contributed by atoms with Crippen molar-refractivity contribution in [3.63, 3.8) is 0 Å². The third-order valence-corrected chi connectivity index (χ3v) is 5.55. The van der Waals surface area contributed by atoms with E-state index in [4.69, 9.17) is 4.74 Å². The van der Waals surface area contributed by atoms with E-state index in [9.17, 15) is 5.26 Å². The Balaban J connectivity index is 1.79. The third-order valence-electron chi connectivity index (χ3n) is 5.55. The lowest BCUT2D eigenvalue weighted by Gasteiger charge is -2.23. The van der Waals surface area contributed by atoms with Crippen molar-refractivity contribution in [2.75, 3.05) is 0 Å². The largest absolute Gasteiger partial charge is 0.370 e. The number of nitrogens with zero attached hydrogens (tertiary/aromatic N) is 3. The Labute approximate surface area is 191 Å². The molecule has 164 valence electrons. The zero-order valence-electron chi connectivity index (χ0n) is 19.3. The molecule has 0 aromatic carbocycles. The van der Waals surface area contributed by atoms with E-state index in [2.05, 4.69) is 47.1 Å². The highest BCUT2D eigenvalue weighted by Gasteiger charge is 2.24. The van der Waals surface area contributed by atoms with Gasteiger partial charge >= 0.3 is 0 Å². The first-order valence-corrected chi connectivity index (χ1v) is 11.4. The summed E-state index contributed by atoms with van der Waals surface area (Å²) in [5, 5.41) is 9.55. The molecule has 2 aliphatic carbocycles. The van der Waals surface area contributed by atoms with Crippen LogP contribution in [0.25, 0.3) is 11.1 Å². The van der Waals surface area contributed by atoms with Gasteiger partial charge in [-0.3, -0.25) is 0 Å². The Bertz CT molecular complexity index is 1070. The minimum Gasteiger partial charge on any atom is -0.370 e. The molecule has 4 heteroatoms. The molecule has 2 aliphatic rings. The molecule has 1 heterocycles. The standard InChI is InChI=1S/C28H31N3O/c1-5-7-8-9-11-21-12-10-13-26(25(21)6-2)24-18-30-28(31-19-24)22-14-15-27(32-20(3)4)23(16-22)17-29/h5,12,14-16,18-20,23,27H,1,6-9,11H2,2-4H3. The zero-order chi connectivity index (χ0) is 22.9. The summed E-state index contributed by atoms with van der Waals surface area (Å²) in [6.07, 6.45) is 18.6. The highest BCUT2D eigenvalue weighted by Crippen LogP contribution is 2.32. The van der Waals surface area contributed by atoms with Crippen LogP contribution in [0.4, 0.5) is 0 Å². The van der Waals surface area contributed by atoms with Crippen molar-refractivity contribution in [1.82, 2.24) is 9.97 Å². The van der Waals surface area contributed by atoms with E-state index in [-0.39, 0.29) is 18.1 Å². The Hall–Kier alpha value is -3.21. The molecule has 32 heavy (non-hydrogen) atoms. The van der Waals surface area contributed by atoms with Crippen LogP contribution < -0.4 is 0 Å². The maximum Gasteiger partial charge on any atom is 0.158 e. The maximum atomic E-state index is 9.55. The van der Waals surface area contributed by atoms with Crippen molar-refractivity contribution in [3.05, 3.63) is 83.3 Å². The Kier molecular flexibility index (Phi) is 8.37. The molecule has 0 radical (unpaired) electrons. The summed E-state index contributed by atoms with van der Waals surface area (Å²) in [4.78, 5) is 9.20. The molecular weight excluding hydrogens is 394 g/mol. The van der Waals surface area contributed by atoms with Crippen LogP contribution in [0.15, 0.2) is 72.0 Å². The van der Waals surface area contributed by atoms with Gasteiger partial charge in [-0.1, -0.05) is 42.7 Å². The Morgan fingerprint density at radius 1 is 1.28 bits per heavy atom.